The molecule has 118 valence electrons. The largest absolute Gasteiger partial charge is 0.447 e. The number of carbonyl (C=O) groups excluding carboxylic acids is 2. The SMILES string of the molecule is CCC12COC(=O)N1CCN(C(=O)c1c[nH]c(=O)c(Cl)c1)C2. The van der Waals surface area contributed by atoms with E-state index in [1.807, 2.05) is 6.92 Å². The van der Waals surface area contributed by atoms with Gasteiger partial charge in [-0.3, -0.25) is 14.5 Å². The predicted octanol–water partition coefficient (Wildman–Crippen LogP) is 1.09. The number of fused-ring (bicyclic) bond motifs is 1. The van der Waals surface area contributed by atoms with E-state index in [0.29, 0.717) is 38.2 Å². The number of pyridine rings is 1. The average Bonchev–Trinajstić information content (AvgIpc) is 2.86. The van der Waals surface area contributed by atoms with Gasteiger partial charge in [-0.15, -0.1) is 0 Å². The van der Waals surface area contributed by atoms with Crippen LogP contribution in [0.1, 0.15) is 23.7 Å². The summed E-state index contributed by atoms with van der Waals surface area (Å²) in [7, 11) is 0. The molecule has 22 heavy (non-hydrogen) atoms. The maximum Gasteiger partial charge on any atom is 0.410 e. The number of hydrogen-bond donors (Lipinski definition) is 1. The molecule has 3 rings (SSSR count). The molecular weight excluding hydrogens is 310 g/mol. The smallest absolute Gasteiger partial charge is 0.410 e. The summed E-state index contributed by atoms with van der Waals surface area (Å²) in [6.45, 7) is 3.53. The highest BCUT2D eigenvalue weighted by atomic mass is 35.5. The van der Waals surface area contributed by atoms with Gasteiger partial charge < -0.3 is 14.6 Å². The second kappa shape index (κ2) is 5.31. The van der Waals surface area contributed by atoms with Gasteiger partial charge in [-0.2, -0.15) is 0 Å². The summed E-state index contributed by atoms with van der Waals surface area (Å²) in [5.41, 5.74) is -0.561. The number of cyclic esters (lactones) is 1. The summed E-state index contributed by atoms with van der Waals surface area (Å²) in [6, 6.07) is 1.37. The standard InChI is InChI=1S/C14H16ClN3O4/c1-2-14-7-17(3-4-18(14)13(21)22-8-14)12(20)9-5-10(15)11(19)16-6-9/h5-6H,2-4,7-8H2,1H3,(H,16,19). The highest BCUT2D eigenvalue weighted by Gasteiger charge is 2.50. The van der Waals surface area contributed by atoms with Crippen LogP contribution in [0.3, 0.4) is 0 Å². The Morgan fingerprint density at radius 3 is 2.91 bits per heavy atom. The molecule has 2 amide bonds. The first-order valence-electron chi connectivity index (χ1n) is 7.09. The van der Waals surface area contributed by atoms with E-state index in [1.165, 1.54) is 12.3 Å². The van der Waals surface area contributed by atoms with E-state index in [-0.39, 0.29) is 17.0 Å². The molecule has 2 fully saturated rings. The number of H-pyrrole nitrogens is 1. The van der Waals surface area contributed by atoms with Gasteiger partial charge in [0.2, 0.25) is 0 Å². The van der Waals surface area contributed by atoms with Crippen LogP contribution in [0.5, 0.6) is 0 Å². The Labute approximate surface area is 131 Å². The van der Waals surface area contributed by atoms with Crippen LogP contribution >= 0.6 is 11.6 Å². The van der Waals surface area contributed by atoms with E-state index < -0.39 is 11.1 Å². The van der Waals surface area contributed by atoms with Crippen molar-refractivity contribution >= 4 is 23.6 Å². The third kappa shape index (κ3) is 2.25. The molecule has 8 heteroatoms. The quantitative estimate of drug-likeness (QED) is 0.882. The van der Waals surface area contributed by atoms with Crippen molar-refractivity contribution in [2.24, 2.45) is 0 Å². The van der Waals surface area contributed by atoms with Crippen LogP contribution in [0.4, 0.5) is 4.79 Å². The maximum atomic E-state index is 12.6. The number of aromatic nitrogens is 1. The summed E-state index contributed by atoms with van der Waals surface area (Å²) in [5, 5.41) is -0.0194. The van der Waals surface area contributed by atoms with Crippen molar-refractivity contribution < 1.29 is 14.3 Å². The Bertz CT molecular complexity index is 689. The lowest BCUT2D eigenvalue weighted by molar-refractivity contribution is 0.0361. The van der Waals surface area contributed by atoms with Gasteiger partial charge in [0.05, 0.1) is 11.1 Å². The fraction of sp³-hybridized carbons (Fsp3) is 0.500. The van der Waals surface area contributed by atoms with Crippen LogP contribution in [0, 0.1) is 0 Å². The molecule has 0 aromatic carbocycles. The topological polar surface area (TPSA) is 82.7 Å². The van der Waals surface area contributed by atoms with Crippen molar-refractivity contribution in [2.75, 3.05) is 26.2 Å². The molecule has 0 radical (unpaired) electrons. The zero-order valence-corrected chi connectivity index (χ0v) is 12.9. The van der Waals surface area contributed by atoms with E-state index >= 15 is 0 Å². The van der Waals surface area contributed by atoms with Crippen LogP contribution in [0.25, 0.3) is 0 Å². The number of ether oxygens (including phenoxy) is 1. The van der Waals surface area contributed by atoms with E-state index in [2.05, 4.69) is 4.98 Å². The number of halogens is 1. The van der Waals surface area contributed by atoms with E-state index in [1.54, 1.807) is 9.80 Å². The number of hydrogen-bond acceptors (Lipinski definition) is 4. The first-order valence-corrected chi connectivity index (χ1v) is 7.46. The monoisotopic (exact) mass is 325 g/mol. The van der Waals surface area contributed by atoms with Gasteiger partial charge in [-0.1, -0.05) is 18.5 Å². The lowest BCUT2D eigenvalue weighted by atomic mass is 9.92. The van der Waals surface area contributed by atoms with Crippen molar-refractivity contribution in [3.05, 3.63) is 33.2 Å². The highest BCUT2D eigenvalue weighted by Crippen LogP contribution is 2.32. The van der Waals surface area contributed by atoms with Gasteiger partial charge in [-0.25, -0.2) is 4.79 Å². The molecule has 0 spiro atoms. The van der Waals surface area contributed by atoms with Gasteiger partial charge in [0.1, 0.15) is 11.6 Å². The van der Waals surface area contributed by atoms with Crippen LogP contribution in [0.2, 0.25) is 5.02 Å². The molecule has 1 N–H and O–H groups in total. The second-order valence-electron chi connectivity index (χ2n) is 5.58. The van der Waals surface area contributed by atoms with Gasteiger partial charge in [0, 0.05) is 25.8 Å². The number of amides is 2. The number of piperazine rings is 1. The Morgan fingerprint density at radius 2 is 2.23 bits per heavy atom. The Morgan fingerprint density at radius 1 is 1.45 bits per heavy atom. The Balaban J connectivity index is 1.84. The van der Waals surface area contributed by atoms with Crippen molar-refractivity contribution in [1.82, 2.24) is 14.8 Å². The zero-order valence-electron chi connectivity index (χ0n) is 12.1. The lowest BCUT2D eigenvalue weighted by Crippen LogP contribution is -2.62. The predicted molar refractivity (Wildman–Crippen MR) is 79.1 cm³/mol. The summed E-state index contributed by atoms with van der Waals surface area (Å²) in [4.78, 5) is 41.4. The van der Waals surface area contributed by atoms with Crippen molar-refractivity contribution in [1.29, 1.82) is 0 Å². The molecular formula is C14H16ClN3O4. The van der Waals surface area contributed by atoms with Gasteiger partial charge in [0.25, 0.3) is 11.5 Å². The Kier molecular flexibility index (Phi) is 3.60. The number of carbonyl (C=O) groups is 2. The van der Waals surface area contributed by atoms with Crippen LogP contribution < -0.4 is 5.56 Å². The molecule has 1 aromatic heterocycles. The van der Waals surface area contributed by atoms with E-state index in [4.69, 9.17) is 16.3 Å². The molecule has 2 aliphatic rings. The van der Waals surface area contributed by atoms with Gasteiger partial charge >= 0.3 is 6.09 Å². The number of nitrogens with zero attached hydrogens (tertiary/aromatic N) is 2. The summed E-state index contributed by atoms with van der Waals surface area (Å²) >= 11 is 5.77. The third-order valence-electron chi connectivity index (χ3n) is 4.39. The number of nitrogens with one attached hydrogen (secondary N) is 1. The van der Waals surface area contributed by atoms with Crippen molar-refractivity contribution in [2.45, 2.75) is 18.9 Å². The molecule has 2 saturated heterocycles. The molecule has 0 aliphatic carbocycles. The first kappa shape index (κ1) is 14.9. The molecule has 1 unspecified atom stereocenters. The average molecular weight is 326 g/mol. The molecule has 3 heterocycles. The zero-order chi connectivity index (χ0) is 15.9. The van der Waals surface area contributed by atoms with Crippen molar-refractivity contribution in [3.8, 4) is 0 Å². The maximum absolute atomic E-state index is 12.6. The molecule has 1 aromatic rings. The van der Waals surface area contributed by atoms with Crippen LogP contribution in [-0.4, -0.2) is 58.6 Å². The minimum Gasteiger partial charge on any atom is -0.447 e. The number of rotatable bonds is 2. The molecule has 7 nitrogen and oxygen atoms in total. The minimum atomic E-state index is -0.461. The minimum absolute atomic E-state index is 0.0194. The highest BCUT2D eigenvalue weighted by molar-refractivity contribution is 6.30. The molecule has 0 saturated carbocycles. The summed E-state index contributed by atoms with van der Waals surface area (Å²) in [5.74, 6) is -0.218. The number of aromatic amines is 1. The summed E-state index contributed by atoms with van der Waals surface area (Å²) in [6.07, 6.45) is 1.74. The molecule has 1 atom stereocenters. The van der Waals surface area contributed by atoms with Crippen LogP contribution in [0.15, 0.2) is 17.1 Å². The van der Waals surface area contributed by atoms with Gasteiger partial charge in [0.15, 0.2) is 0 Å². The summed E-state index contributed by atoms with van der Waals surface area (Å²) < 4.78 is 5.14. The Hall–Kier alpha value is -2.02. The lowest BCUT2D eigenvalue weighted by Gasteiger charge is -2.44. The molecule has 2 aliphatic heterocycles. The van der Waals surface area contributed by atoms with Crippen molar-refractivity contribution in [3.63, 3.8) is 0 Å². The van der Waals surface area contributed by atoms with E-state index in [9.17, 15) is 14.4 Å². The normalized spacial score (nSPS) is 24.2. The first-order chi connectivity index (χ1) is 10.5. The van der Waals surface area contributed by atoms with E-state index in [0.717, 1.165) is 0 Å². The fourth-order valence-corrected chi connectivity index (χ4v) is 3.17. The third-order valence-corrected chi connectivity index (χ3v) is 4.67. The van der Waals surface area contributed by atoms with Gasteiger partial charge in [-0.05, 0) is 12.5 Å². The molecule has 0 bridgehead atoms. The fourth-order valence-electron chi connectivity index (χ4n) is 3.00. The van der Waals surface area contributed by atoms with Crippen LogP contribution in [-0.2, 0) is 4.74 Å². The second-order valence-corrected chi connectivity index (χ2v) is 5.98.